The van der Waals surface area contributed by atoms with Gasteiger partial charge in [-0.25, -0.2) is 4.39 Å². The Kier molecular flexibility index (Phi) is 3.95. The molecule has 2 aromatic rings. The van der Waals surface area contributed by atoms with E-state index in [1.54, 1.807) is 18.2 Å². The van der Waals surface area contributed by atoms with Gasteiger partial charge >= 0.3 is 0 Å². The molecule has 0 aliphatic carbocycles. The van der Waals surface area contributed by atoms with Crippen LogP contribution in [0.3, 0.4) is 0 Å². The SMILES string of the molecule is C/C(=N\Nc1ccccc1Cl)c1ccc(F)cc1. The molecule has 2 nitrogen and oxygen atoms in total. The summed E-state index contributed by atoms with van der Waals surface area (Å²) >= 11 is 5.99. The quantitative estimate of drug-likeness (QED) is 0.647. The molecule has 0 heterocycles. The van der Waals surface area contributed by atoms with E-state index in [0.717, 1.165) is 17.0 Å². The van der Waals surface area contributed by atoms with Gasteiger partial charge < -0.3 is 0 Å². The second kappa shape index (κ2) is 5.65. The van der Waals surface area contributed by atoms with Crippen molar-refractivity contribution < 1.29 is 4.39 Å². The summed E-state index contributed by atoms with van der Waals surface area (Å²) in [5.41, 5.74) is 5.24. The molecule has 1 N–H and O–H groups in total. The zero-order valence-corrected chi connectivity index (χ0v) is 10.6. The van der Waals surface area contributed by atoms with Gasteiger partial charge in [-0.1, -0.05) is 35.9 Å². The minimum atomic E-state index is -0.259. The minimum Gasteiger partial charge on any atom is -0.277 e. The van der Waals surface area contributed by atoms with Crippen LogP contribution in [0.1, 0.15) is 12.5 Å². The molecule has 0 aliphatic heterocycles. The van der Waals surface area contributed by atoms with E-state index in [0.29, 0.717) is 5.02 Å². The maximum atomic E-state index is 12.8. The topological polar surface area (TPSA) is 24.4 Å². The Bertz CT molecular complexity index is 564. The van der Waals surface area contributed by atoms with Crippen LogP contribution >= 0.6 is 11.6 Å². The van der Waals surface area contributed by atoms with Crippen molar-refractivity contribution in [3.05, 3.63) is 64.9 Å². The molecule has 0 amide bonds. The number of hydrazone groups is 1. The zero-order chi connectivity index (χ0) is 13.0. The second-order valence-corrected chi connectivity index (χ2v) is 4.20. The summed E-state index contributed by atoms with van der Waals surface area (Å²) in [5, 5.41) is 4.82. The van der Waals surface area contributed by atoms with E-state index in [4.69, 9.17) is 11.6 Å². The summed E-state index contributed by atoms with van der Waals surface area (Å²) in [6.07, 6.45) is 0. The summed E-state index contributed by atoms with van der Waals surface area (Å²) in [6, 6.07) is 13.5. The molecular formula is C14H12ClFN2. The number of hydrogen-bond donors (Lipinski definition) is 1. The highest BCUT2D eigenvalue weighted by Crippen LogP contribution is 2.20. The smallest absolute Gasteiger partial charge is 0.123 e. The van der Waals surface area contributed by atoms with Crippen molar-refractivity contribution in [2.24, 2.45) is 5.10 Å². The van der Waals surface area contributed by atoms with Gasteiger partial charge in [-0.05, 0) is 36.8 Å². The fourth-order valence-electron chi connectivity index (χ4n) is 1.45. The third-order valence-electron chi connectivity index (χ3n) is 2.48. The predicted octanol–water partition coefficient (Wildman–Crippen LogP) is 4.32. The summed E-state index contributed by atoms with van der Waals surface area (Å²) in [7, 11) is 0. The summed E-state index contributed by atoms with van der Waals surface area (Å²) in [4.78, 5) is 0. The first-order chi connectivity index (χ1) is 8.66. The molecule has 0 aliphatic rings. The van der Waals surface area contributed by atoms with Crippen molar-refractivity contribution in [3.63, 3.8) is 0 Å². The van der Waals surface area contributed by atoms with Gasteiger partial charge in [0.1, 0.15) is 5.82 Å². The molecule has 0 atom stereocenters. The number of nitrogens with one attached hydrogen (secondary N) is 1. The van der Waals surface area contributed by atoms with Crippen molar-refractivity contribution in [3.8, 4) is 0 Å². The normalized spacial score (nSPS) is 11.4. The highest BCUT2D eigenvalue weighted by molar-refractivity contribution is 6.33. The van der Waals surface area contributed by atoms with E-state index in [-0.39, 0.29) is 5.82 Å². The van der Waals surface area contributed by atoms with Crippen LogP contribution in [0.15, 0.2) is 53.6 Å². The molecule has 0 radical (unpaired) electrons. The second-order valence-electron chi connectivity index (χ2n) is 3.80. The van der Waals surface area contributed by atoms with Gasteiger partial charge in [0.25, 0.3) is 0 Å². The lowest BCUT2D eigenvalue weighted by molar-refractivity contribution is 0.628. The molecular weight excluding hydrogens is 251 g/mol. The number of para-hydroxylation sites is 1. The Morgan fingerprint density at radius 3 is 2.44 bits per heavy atom. The zero-order valence-electron chi connectivity index (χ0n) is 9.82. The van der Waals surface area contributed by atoms with E-state index in [1.165, 1.54) is 12.1 Å². The first-order valence-corrected chi connectivity index (χ1v) is 5.85. The van der Waals surface area contributed by atoms with Gasteiger partial charge in [0.15, 0.2) is 0 Å². The van der Waals surface area contributed by atoms with Crippen LogP contribution in [0.5, 0.6) is 0 Å². The summed E-state index contributed by atoms with van der Waals surface area (Å²) < 4.78 is 12.8. The van der Waals surface area contributed by atoms with Gasteiger partial charge in [-0.2, -0.15) is 5.10 Å². The van der Waals surface area contributed by atoms with E-state index in [2.05, 4.69) is 10.5 Å². The lowest BCUT2D eigenvalue weighted by atomic mass is 10.1. The number of anilines is 1. The predicted molar refractivity (Wildman–Crippen MR) is 73.7 cm³/mol. The number of halogens is 2. The number of rotatable bonds is 3. The largest absolute Gasteiger partial charge is 0.277 e. The Labute approximate surface area is 110 Å². The molecule has 18 heavy (non-hydrogen) atoms. The Morgan fingerprint density at radius 1 is 1.11 bits per heavy atom. The Morgan fingerprint density at radius 2 is 1.78 bits per heavy atom. The van der Waals surface area contributed by atoms with E-state index in [9.17, 15) is 4.39 Å². The Balaban J connectivity index is 2.14. The van der Waals surface area contributed by atoms with Crippen molar-refractivity contribution in [1.29, 1.82) is 0 Å². The van der Waals surface area contributed by atoms with Crippen LogP contribution in [0.25, 0.3) is 0 Å². The van der Waals surface area contributed by atoms with Gasteiger partial charge in [0.2, 0.25) is 0 Å². The van der Waals surface area contributed by atoms with Gasteiger partial charge in [0, 0.05) is 0 Å². The monoisotopic (exact) mass is 262 g/mol. The molecule has 0 saturated carbocycles. The molecule has 0 bridgehead atoms. The first kappa shape index (κ1) is 12.6. The van der Waals surface area contributed by atoms with Crippen LogP contribution in [0.4, 0.5) is 10.1 Å². The first-order valence-electron chi connectivity index (χ1n) is 5.47. The van der Waals surface area contributed by atoms with Crippen molar-refractivity contribution >= 4 is 23.0 Å². The number of benzene rings is 2. The standard InChI is InChI=1S/C14H12ClFN2/c1-10(11-6-8-12(16)9-7-11)17-18-14-5-3-2-4-13(14)15/h2-9,18H,1H3/b17-10+. The highest BCUT2D eigenvalue weighted by Gasteiger charge is 1.99. The third-order valence-corrected chi connectivity index (χ3v) is 2.81. The lowest BCUT2D eigenvalue weighted by Crippen LogP contribution is -2.00. The van der Waals surface area contributed by atoms with Gasteiger partial charge in [-0.3, -0.25) is 5.43 Å². The van der Waals surface area contributed by atoms with E-state index in [1.807, 2.05) is 25.1 Å². The summed E-state index contributed by atoms with van der Waals surface area (Å²) in [6.45, 7) is 1.84. The number of nitrogens with zero attached hydrogens (tertiary/aromatic N) is 1. The number of hydrogen-bond acceptors (Lipinski definition) is 2. The highest BCUT2D eigenvalue weighted by atomic mass is 35.5. The van der Waals surface area contributed by atoms with Gasteiger partial charge in [0.05, 0.1) is 16.4 Å². The summed E-state index contributed by atoms with van der Waals surface area (Å²) in [5.74, 6) is -0.259. The van der Waals surface area contributed by atoms with Crippen molar-refractivity contribution in [2.75, 3.05) is 5.43 Å². The maximum Gasteiger partial charge on any atom is 0.123 e. The molecule has 4 heteroatoms. The third kappa shape index (κ3) is 3.08. The van der Waals surface area contributed by atoms with Crippen LogP contribution in [0.2, 0.25) is 5.02 Å². The van der Waals surface area contributed by atoms with Gasteiger partial charge in [-0.15, -0.1) is 0 Å². The molecule has 0 unspecified atom stereocenters. The average molecular weight is 263 g/mol. The molecule has 92 valence electrons. The molecule has 2 rings (SSSR count). The molecule has 0 saturated heterocycles. The molecule has 2 aromatic carbocycles. The van der Waals surface area contributed by atoms with Crippen molar-refractivity contribution in [2.45, 2.75) is 6.92 Å². The van der Waals surface area contributed by atoms with Crippen LogP contribution < -0.4 is 5.43 Å². The molecule has 0 aromatic heterocycles. The van der Waals surface area contributed by atoms with E-state index >= 15 is 0 Å². The fraction of sp³-hybridized carbons (Fsp3) is 0.0714. The molecule has 0 spiro atoms. The van der Waals surface area contributed by atoms with E-state index < -0.39 is 0 Å². The maximum absolute atomic E-state index is 12.8. The average Bonchev–Trinajstić information content (AvgIpc) is 2.38. The van der Waals surface area contributed by atoms with Crippen LogP contribution in [-0.4, -0.2) is 5.71 Å². The molecule has 0 fully saturated rings. The minimum absolute atomic E-state index is 0.259. The Hall–Kier alpha value is -1.87. The fourth-order valence-corrected chi connectivity index (χ4v) is 1.63. The van der Waals surface area contributed by atoms with Crippen LogP contribution in [-0.2, 0) is 0 Å². The van der Waals surface area contributed by atoms with Crippen molar-refractivity contribution in [1.82, 2.24) is 0 Å². The lowest BCUT2D eigenvalue weighted by Gasteiger charge is -2.05. The van der Waals surface area contributed by atoms with Crippen LogP contribution in [0, 0.1) is 5.82 Å².